The zero-order valence-corrected chi connectivity index (χ0v) is 16.8. The Morgan fingerprint density at radius 3 is 2.81 bits per heavy atom. The van der Waals surface area contributed by atoms with Crippen LogP contribution in [0.2, 0.25) is 0 Å². The molecule has 1 aliphatic heterocycles. The van der Waals surface area contributed by atoms with E-state index in [2.05, 4.69) is 25.7 Å². The molecule has 31 heavy (non-hydrogen) atoms. The van der Waals surface area contributed by atoms with Gasteiger partial charge in [-0.15, -0.1) is 0 Å². The van der Waals surface area contributed by atoms with Gasteiger partial charge >= 0.3 is 12.2 Å². The predicted octanol–water partition coefficient (Wildman–Crippen LogP) is 3.91. The molecule has 0 spiro atoms. The summed E-state index contributed by atoms with van der Waals surface area (Å²) in [6, 6.07) is 5.36. The molecule has 0 radical (unpaired) electrons. The third kappa shape index (κ3) is 5.16. The maximum Gasteiger partial charge on any atom is 0.411 e. The number of carbonyl (C=O) groups excluding carboxylic acids is 2. The lowest BCUT2D eigenvalue weighted by Crippen LogP contribution is -2.27. The Morgan fingerprint density at radius 1 is 1.32 bits per heavy atom. The van der Waals surface area contributed by atoms with Crippen molar-refractivity contribution >= 4 is 29.5 Å². The van der Waals surface area contributed by atoms with Gasteiger partial charge in [-0.25, -0.2) is 14.6 Å². The number of amides is 3. The number of fused-ring (bicyclic) bond motifs is 4. The highest BCUT2D eigenvalue weighted by Crippen LogP contribution is 2.34. The van der Waals surface area contributed by atoms with Crippen molar-refractivity contribution in [3.8, 4) is 11.1 Å². The van der Waals surface area contributed by atoms with Crippen molar-refractivity contribution in [1.29, 1.82) is 0 Å². The monoisotopic (exact) mass is 428 g/mol. The Balaban J connectivity index is 2.15. The van der Waals surface area contributed by atoms with E-state index in [1.807, 2.05) is 0 Å². The third-order valence-electron chi connectivity index (χ3n) is 4.77. The number of carboxylic acid groups (broad SMARTS) is 1. The molecule has 0 saturated carbocycles. The normalized spacial score (nSPS) is 18.0. The van der Waals surface area contributed by atoms with Gasteiger partial charge in [-0.3, -0.25) is 10.1 Å². The number of hydrogen-bond acceptors (Lipinski definition) is 5. The van der Waals surface area contributed by atoms with Gasteiger partial charge in [0, 0.05) is 28.6 Å². The summed E-state index contributed by atoms with van der Waals surface area (Å²) in [4.78, 5) is 39.2. The highest BCUT2D eigenvalue weighted by Gasteiger charge is 2.22. The summed E-state index contributed by atoms with van der Waals surface area (Å²) in [7, 11) is 1.23. The number of carbonyl (C=O) groups is 3. The molecule has 1 aromatic heterocycles. The first-order valence-corrected chi connectivity index (χ1v) is 9.40. The van der Waals surface area contributed by atoms with Crippen molar-refractivity contribution in [2.45, 2.75) is 19.4 Å². The number of anilines is 2. The zero-order chi connectivity index (χ0) is 22.5. The number of hydrogen-bond donors (Lipinski definition) is 4. The molecule has 3 amide bonds. The molecule has 0 fully saturated rings. The number of nitrogens with zero attached hydrogens (tertiary/aromatic N) is 1. The van der Waals surface area contributed by atoms with Crippen LogP contribution in [0.4, 0.5) is 25.4 Å². The molecule has 3 rings (SSSR count). The molecule has 4 N–H and O–H groups in total. The van der Waals surface area contributed by atoms with Crippen LogP contribution in [0, 0.1) is 11.9 Å². The molecule has 2 aromatic rings. The largest absolute Gasteiger partial charge is 0.465 e. The average Bonchev–Trinajstić information content (AvgIpc) is 2.72. The van der Waals surface area contributed by atoms with Crippen molar-refractivity contribution in [2.75, 3.05) is 17.7 Å². The van der Waals surface area contributed by atoms with E-state index in [-0.39, 0.29) is 17.9 Å². The minimum absolute atomic E-state index is 0.0758. The first-order valence-electron chi connectivity index (χ1n) is 9.40. The van der Waals surface area contributed by atoms with Crippen molar-refractivity contribution in [1.82, 2.24) is 10.3 Å². The summed E-state index contributed by atoms with van der Waals surface area (Å²) >= 11 is 0. The number of nitrogens with one attached hydrogen (secondary N) is 3. The molecule has 2 atom stereocenters. The molecule has 2 bridgehead atoms. The fourth-order valence-electron chi connectivity index (χ4n) is 3.17. The van der Waals surface area contributed by atoms with E-state index in [1.54, 1.807) is 37.3 Å². The van der Waals surface area contributed by atoms with E-state index in [0.29, 0.717) is 22.5 Å². The quantitative estimate of drug-likeness (QED) is 0.424. The Kier molecular flexibility index (Phi) is 6.49. The standard InChI is InChI=1S/C21H21FN4O5/c1-11-4-3-5-16(26-20(28)29)15-8-12(10-23-18(15)22)14-7-6-13(24-21(30)31-2)9-17(14)25-19(11)27/h3-4,6-11,16,26H,5H2,1-2H3,(H,24,30)(H,25,27)(H,28,29)/t11?,16-/m0/s1. The van der Waals surface area contributed by atoms with Crippen LogP contribution >= 0.6 is 0 Å². The van der Waals surface area contributed by atoms with E-state index in [9.17, 15) is 18.8 Å². The highest BCUT2D eigenvalue weighted by atomic mass is 19.1. The molecular formula is C21H21FN4O5. The number of pyridine rings is 1. The second-order valence-electron chi connectivity index (χ2n) is 6.92. The molecule has 9 nitrogen and oxygen atoms in total. The van der Waals surface area contributed by atoms with Crippen molar-refractivity contribution in [2.24, 2.45) is 5.92 Å². The molecule has 10 heteroatoms. The minimum Gasteiger partial charge on any atom is -0.465 e. The Hall–Kier alpha value is -3.95. The number of ether oxygens (including phenoxy) is 1. The van der Waals surface area contributed by atoms with E-state index in [4.69, 9.17) is 5.11 Å². The van der Waals surface area contributed by atoms with Crippen LogP contribution in [0.3, 0.4) is 0 Å². The van der Waals surface area contributed by atoms with Gasteiger partial charge in [-0.2, -0.15) is 4.39 Å². The van der Waals surface area contributed by atoms with Gasteiger partial charge in [0.25, 0.3) is 0 Å². The van der Waals surface area contributed by atoms with Crippen LogP contribution in [0.5, 0.6) is 0 Å². The second-order valence-corrected chi connectivity index (χ2v) is 6.92. The summed E-state index contributed by atoms with van der Waals surface area (Å²) in [6.45, 7) is 1.68. The lowest BCUT2D eigenvalue weighted by molar-refractivity contribution is -0.118. The van der Waals surface area contributed by atoms with E-state index >= 15 is 0 Å². The lowest BCUT2D eigenvalue weighted by atomic mass is 9.97. The Morgan fingerprint density at radius 2 is 2.10 bits per heavy atom. The van der Waals surface area contributed by atoms with Crippen LogP contribution in [-0.2, 0) is 9.53 Å². The maximum absolute atomic E-state index is 14.5. The summed E-state index contributed by atoms with van der Waals surface area (Å²) in [6.07, 6.45) is 2.68. The molecule has 1 aromatic carbocycles. The van der Waals surface area contributed by atoms with E-state index < -0.39 is 30.1 Å². The molecule has 0 aliphatic carbocycles. The van der Waals surface area contributed by atoms with Gasteiger partial charge in [0.2, 0.25) is 11.9 Å². The minimum atomic E-state index is -1.31. The summed E-state index contributed by atoms with van der Waals surface area (Å²) in [5.41, 5.74) is 1.80. The van der Waals surface area contributed by atoms with E-state index in [0.717, 1.165) is 0 Å². The fourth-order valence-corrected chi connectivity index (χ4v) is 3.17. The van der Waals surface area contributed by atoms with E-state index in [1.165, 1.54) is 19.4 Å². The van der Waals surface area contributed by atoms with Crippen molar-refractivity contribution in [3.05, 3.63) is 54.1 Å². The topological polar surface area (TPSA) is 130 Å². The molecule has 1 unspecified atom stereocenters. The highest BCUT2D eigenvalue weighted by molar-refractivity contribution is 5.99. The number of halogens is 1. The maximum atomic E-state index is 14.5. The zero-order valence-electron chi connectivity index (χ0n) is 16.8. The van der Waals surface area contributed by atoms with Crippen LogP contribution < -0.4 is 16.0 Å². The van der Waals surface area contributed by atoms with Gasteiger partial charge in [0.15, 0.2) is 0 Å². The second kappa shape index (κ2) is 9.24. The van der Waals surface area contributed by atoms with Gasteiger partial charge in [0.05, 0.1) is 24.8 Å². The van der Waals surface area contributed by atoms with Crippen molar-refractivity contribution in [3.63, 3.8) is 0 Å². The summed E-state index contributed by atoms with van der Waals surface area (Å²) in [5, 5.41) is 16.8. The number of aromatic nitrogens is 1. The molecule has 162 valence electrons. The summed E-state index contributed by atoms with van der Waals surface area (Å²) in [5.74, 6) is -1.65. The van der Waals surface area contributed by atoms with Gasteiger partial charge in [0.1, 0.15) is 0 Å². The van der Waals surface area contributed by atoms with Crippen LogP contribution in [0.25, 0.3) is 11.1 Å². The van der Waals surface area contributed by atoms with Gasteiger partial charge in [-0.1, -0.05) is 25.1 Å². The molecule has 2 heterocycles. The number of methoxy groups -OCH3 is 1. The summed E-state index contributed by atoms with van der Waals surface area (Å²) < 4.78 is 19.1. The third-order valence-corrected chi connectivity index (χ3v) is 4.77. The van der Waals surface area contributed by atoms with Gasteiger partial charge < -0.3 is 20.5 Å². The SMILES string of the molecule is COC(=O)Nc1ccc2c(c1)NC(=O)C(C)C=CC[C@H](NC(=O)O)c1cc-2cnc1F. The first kappa shape index (κ1) is 21.8. The molecule has 0 saturated heterocycles. The fraction of sp³-hybridized carbons (Fsp3) is 0.238. The predicted molar refractivity (Wildman–Crippen MR) is 111 cm³/mol. The smallest absolute Gasteiger partial charge is 0.411 e. The number of rotatable bonds is 2. The Bertz CT molecular complexity index is 1060. The lowest BCUT2D eigenvalue weighted by Gasteiger charge is -2.20. The number of benzene rings is 1. The average molecular weight is 428 g/mol. The first-order chi connectivity index (χ1) is 14.8. The molecular weight excluding hydrogens is 407 g/mol. The Labute approximate surface area is 177 Å². The van der Waals surface area contributed by atoms with Crippen LogP contribution in [0.1, 0.15) is 24.9 Å². The van der Waals surface area contributed by atoms with Gasteiger partial charge in [-0.05, 0) is 24.6 Å². The van der Waals surface area contributed by atoms with Crippen LogP contribution in [-0.4, -0.2) is 35.3 Å². The van der Waals surface area contributed by atoms with Crippen molar-refractivity contribution < 1.29 is 28.6 Å². The molecule has 1 aliphatic rings. The van der Waals surface area contributed by atoms with Crippen LogP contribution in [0.15, 0.2) is 42.6 Å².